The Morgan fingerprint density at radius 2 is 1.97 bits per heavy atom. The van der Waals surface area contributed by atoms with Crippen LogP contribution in [0.5, 0.6) is 0 Å². The summed E-state index contributed by atoms with van der Waals surface area (Å²) in [5.41, 5.74) is 0.307. The third-order valence-electron chi connectivity index (χ3n) is 5.67. The minimum atomic E-state index is -3.64. The molecule has 1 aromatic carbocycles. The Kier molecular flexibility index (Phi) is 5.82. The first-order valence-corrected chi connectivity index (χ1v) is 12.1. The summed E-state index contributed by atoms with van der Waals surface area (Å²) in [6, 6.07) is 6.58. The minimum absolute atomic E-state index is 0.150. The predicted molar refractivity (Wildman–Crippen MR) is 115 cm³/mol. The van der Waals surface area contributed by atoms with Crippen molar-refractivity contribution in [3.63, 3.8) is 0 Å². The molecule has 10 heteroatoms. The summed E-state index contributed by atoms with van der Waals surface area (Å²) >= 11 is 5.26. The molecule has 1 amide bonds. The number of sulfonamides is 1. The number of nitrogens with one attached hydrogen (secondary N) is 2. The number of aromatic amines is 1. The molecule has 1 saturated heterocycles. The van der Waals surface area contributed by atoms with Crippen LogP contribution >= 0.6 is 12.2 Å². The highest BCUT2D eigenvalue weighted by Gasteiger charge is 2.32. The van der Waals surface area contributed by atoms with E-state index in [1.54, 1.807) is 18.2 Å². The zero-order valence-electron chi connectivity index (χ0n) is 17.2. The van der Waals surface area contributed by atoms with Crippen molar-refractivity contribution in [3.05, 3.63) is 40.4 Å². The summed E-state index contributed by atoms with van der Waals surface area (Å²) in [5, 5.41) is 9.80. The number of rotatable bonds is 6. The van der Waals surface area contributed by atoms with E-state index in [1.165, 1.54) is 10.4 Å². The van der Waals surface area contributed by atoms with Gasteiger partial charge in [-0.1, -0.05) is 19.9 Å². The maximum absolute atomic E-state index is 13.1. The van der Waals surface area contributed by atoms with E-state index in [-0.39, 0.29) is 17.3 Å². The van der Waals surface area contributed by atoms with Crippen molar-refractivity contribution in [3.8, 4) is 0 Å². The summed E-state index contributed by atoms with van der Waals surface area (Å²) in [4.78, 5) is 12.8. The molecule has 162 valence electrons. The van der Waals surface area contributed by atoms with E-state index < -0.39 is 10.0 Å². The number of benzene rings is 1. The van der Waals surface area contributed by atoms with E-state index in [2.05, 4.69) is 29.4 Å². The van der Waals surface area contributed by atoms with E-state index in [0.29, 0.717) is 47.1 Å². The Labute approximate surface area is 181 Å². The molecular weight excluding hydrogens is 422 g/mol. The van der Waals surface area contributed by atoms with Crippen LogP contribution in [0.3, 0.4) is 0 Å². The third kappa shape index (κ3) is 4.35. The molecule has 2 aliphatic rings. The van der Waals surface area contributed by atoms with Gasteiger partial charge in [0.15, 0.2) is 10.6 Å². The number of aromatic nitrogens is 3. The summed E-state index contributed by atoms with van der Waals surface area (Å²) in [7, 11) is -3.64. The fourth-order valence-corrected chi connectivity index (χ4v) is 6.21. The summed E-state index contributed by atoms with van der Waals surface area (Å²) in [6.07, 6.45) is 3.14. The predicted octanol–water partition coefficient (Wildman–Crippen LogP) is 2.87. The van der Waals surface area contributed by atoms with Gasteiger partial charge in [0, 0.05) is 24.7 Å². The SMILES string of the molecule is CC1CC(C)CN(S(=O)(=O)c2cccc(C(=O)NCc3n[nH]c(=S)n3C3CC3)c2)C1. The fourth-order valence-electron chi connectivity index (χ4n) is 4.18. The average molecular weight is 450 g/mol. The van der Waals surface area contributed by atoms with Crippen LogP contribution in [0, 0.1) is 16.6 Å². The normalized spacial score (nSPS) is 22.7. The van der Waals surface area contributed by atoms with Crippen LogP contribution in [-0.4, -0.2) is 46.5 Å². The molecule has 2 atom stereocenters. The first kappa shape index (κ1) is 21.2. The van der Waals surface area contributed by atoms with Gasteiger partial charge in [-0.2, -0.15) is 9.40 Å². The molecule has 0 spiro atoms. The zero-order valence-corrected chi connectivity index (χ0v) is 18.8. The second-order valence-electron chi connectivity index (χ2n) is 8.52. The molecule has 2 fully saturated rings. The summed E-state index contributed by atoms with van der Waals surface area (Å²) in [5.74, 6) is 0.965. The number of amides is 1. The van der Waals surface area contributed by atoms with Crippen LogP contribution in [0.15, 0.2) is 29.2 Å². The average Bonchev–Trinajstić information content (AvgIpc) is 3.47. The Balaban J connectivity index is 1.49. The highest BCUT2D eigenvalue weighted by Crippen LogP contribution is 2.35. The number of H-pyrrole nitrogens is 1. The lowest BCUT2D eigenvalue weighted by molar-refractivity contribution is 0.0949. The van der Waals surface area contributed by atoms with Gasteiger partial charge in [-0.3, -0.25) is 14.5 Å². The van der Waals surface area contributed by atoms with Crippen molar-refractivity contribution >= 4 is 28.1 Å². The van der Waals surface area contributed by atoms with Crippen molar-refractivity contribution in [2.24, 2.45) is 11.8 Å². The summed E-state index contributed by atoms with van der Waals surface area (Å²) in [6.45, 7) is 5.37. The maximum Gasteiger partial charge on any atom is 0.251 e. The van der Waals surface area contributed by atoms with E-state index in [4.69, 9.17) is 12.2 Å². The molecule has 1 aromatic heterocycles. The van der Waals surface area contributed by atoms with Crippen molar-refractivity contribution in [1.82, 2.24) is 24.4 Å². The highest BCUT2D eigenvalue weighted by atomic mass is 32.2. The molecule has 0 bridgehead atoms. The van der Waals surface area contributed by atoms with Gasteiger partial charge in [-0.05, 0) is 61.5 Å². The number of nitrogens with zero attached hydrogens (tertiary/aromatic N) is 3. The van der Waals surface area contributed by atoms with Crippen molar-refractivity contribution in [2.45, 2.75) is 50.6 Å². The monoisotopic (exact) mass is 449 g/mol. The largest absolute Gasteiger partial charge is 0.345 e. The number of carbonyl (C=O) groups excluding carboxylic acids is 1. The first-order valence-electron chi connectivity index (χ1n) is 10.3. The van der Waals surface area contributed by atoms with Crippen LogP contribution in [-0.2, 0) is 16.6 Å². The lowest BCUT2D eigenvalue weighted by Gasteiger charge is -2.34. The number of piperidine rings is 1. The van der Waals surface area contributed by atoms with Crippen LogP contribution in [0.1, 0.15) is 55.3 Å². The standard InChI is InChI=1S/C20H27N5O3S2/c1-13-8-14(2)12-24(11-13)30(27,28)17-5-3-4-15(9-17)19(26)21-10-18-22-23-20(29)25(18)16-6-7-16/h3-5,9,13-14,16H,6-8,10-12H2,1-2H3,(H,21,26)(H,23,29). The van der Waals surface area contributed by atoms with Gasteiger partial charge < -0.3 is 5.32 Å². The zero-order chi connectivity index (χ0) is 21.5. The van der Waals surface area contributed by atoms with Gasteiger partial charge in [0.25, 0.3) is 5.91 Å². The molecule has 2 N–H and O–H groups in total. The van der Waals surface area contributed by atoms with E-state index in [1.807, 2.05) is 4.57 Å². The van der Waals surface area contributed by atoms with Gasteiger partial charge in [0.1, 0.15) is 0 Å². The molecule has 1 aliphatic carbocycles. The molecule has 2 unspecified atom stereocenters. The van der Waals surface area contributed by atoms with Gasteiger partial charge >= 0.3 is 0 Å². The summed E-state index contributed by atoms with van der Waals surface area (Å²) < 4.78 is 30.3. The molecule has 2 heterocycles. The number of hydrogen-bond acceptors (Lipinski definition) is 5. The van der Waals surface area contributed by atoms with Gasteiger partial charge in [0.05, 0.1) is 11.4 Å². The van der Waals surface area contributed by atoms with E-state index >= 15 is 0 Å². The van der Waals surface area contributed by atoms with Gasteiger partial charge in [-0.15, -0.1) is 0 Å². The van der Waals surface area contributed by atoms with Gasteiger partial charge in [-0.25, -0.2) is 8.42 Å². The second kappa shape index (κ2) is 8.24. The van der Waals surface area contributed by atoms with Crippen LogP contribution in [0.2, 0.25) is 0 Å². The molecule has 1 saturated carbocycles. The fraction of sp³-hybridized carbons (Fsp3) is 0.550. The van der Waals surface area contributed by atoms with Crippen LogP contribution in [0.25, 0.3) is 0 Å². The third-order valence-corrected chi connectivity index (χ3v) is 7.78. The second-order valence-corrected chi connectivity index (χ2v) is 10.8. The molecule has 2 aromatic rings. The quantitative estimate of drug-likeness (QED) is 0.661. The lowest BCUT2D eigenvalue weighted by Crippen LogP contribution is -2.42. The molecular formula is C20H27N5O3S2. The molecule has 8 nitrogen and oxygen atoms in total. The highest BCUT2D eigenvalue weighted by molar-refractivity contribution is 7.89. The van der Waals surface area contributed by atoms with Crippen molar-refractivity contribution in [1.29, 1.82) is 0 Å². The first-order chi connectivity index (χ1) is 14.3. The molecule has 0 radical (unpaired) electrons. The maximum atomic E-state index is 13.1. The van der Waals surface area contributed by atoms with Crippen molar-refractivity contribution in [2.75, 3.05) is 13.1 Å². The molecule has 1 aliphatic heterocycles. The van der Waals surface area contributed by atoms with Gasteiger partial charge in [0.2, 0.25) is 10.0 Å². The van der Waals surface area contributed by atoms with Crippen LogP contribution in [0.4, 0.5) is 0 Å². The number of carbonyl (C=O) groups is 1. The van der Waals surface area contributed by atoms with E-state index in [0.717, 1.165) is 19.3 Å². The van der Waals surface area contributed by atoms with Crippen LogP contribution < -0.4 is 5.32 Å². The Morgan fingerprint density at radius 3 is 2.63 bits per heavy atom. The Hall–Kier alpha value is -2.04. The van der Waals surface area contributed by atoms with Crippen molar-refractivity contribution < 1.29 is 13.2 Å². The smallest absolute Gasteiger partial charge is 0.251 e. The lowest BCUT2D eigenvalue weighted by atomic mass is 9.94. The van der Waals surface area contributed by atoms with E-state index in [9.17, 15) is 13.2 Å². The minimum Gasteiger partial charge on any atom is -0.345 e. The Bertz CT molecular complexity index is 1090. The Morgan fingerprint density at radius 1 is 1.27 bits per heavy atom. The molecule has 4 rings (SSSR count). The number of hydrogen-bond donors (Lipinski definition) is 2. The molecule has 30 heavy (non-hydrogen) atoms. The topological polar surface area (TPSA) is 100 Å².